The third kappa shape index (κ3) is 5.30. The number of nitrogens with two attached hydrogens (primary N) is 1. The molecule has 48 heavy (non-hydrogen) atoms. The van der Waals surface area contributed by atoms with Crippen molar-refractivity contribution in [2.24, 2.45) is 0 Å². The Hall–Kier alpha value is -4.12. The number of hydrogen-bond acceptors (Lipinski definition) is 9. The van der Waals surface area contributed by atoms with E-state index in [1.807, 2.05) is 6.92 Å². The van der Waals surface area contributed by atoms with Crippen LogP contribution in [0.5, 0.6) is 6.01 Å². The number of nitrogens with zero attached hydrogens (tertiary/aromatic N) is 6. The van der Waals surface area contributed by atoms with Crippen LogP contribution < -0.4 is 15.4 Å². The summed E-state index contributed by atoms with van der Waals surface area (Å²) in [5.74, 6) is -0.504. The Labute approximate surface area is 284 Å². The quantitative estimate of drug-likeness (QED) is 0.215. The van der Waals surface area contributed by atoms with Gasteiger partial charge in [0.2, 0.25) is 5.91 Å². The lowest BCUT2D eigenvalue weighted by atomic mass is 9.95. The number of nitrogen functional groups attached to an aromatic ring is 1. The largest absolute Gasteiger partial charge is 0.461 e. The van der Waals surface area contributed by atoms with Gasteiger partial charge in [-0.05, 0) is 56.1 Å². The average molecular weight is 696 g/mol. The maximum atomic E-state index is 15.6. The summed E-state index contributed by atoms with van der Waals surface area (Å²) in [5, 5.41) is 11.2. The van der Waals surface area contributed by atoms with Crippen LogP contribution in [-0.2, 0) is 4.79 Å². The molecule has 14 heteroatoms. The van der Waals surface area contributed by atoms with Crippen LogP contribution in [0.25, 0.3) is 32.1 Å². The number of likely N-dealkylation sites (tertiary alicyclic amines) is 1. The molecule has 4 atom stereocenters. The molecule has 3 saturated heterocycles. The summed E-state index contributed by atoms with van der Waals surface area (Å²) < 4.78 is 51.6. The first-order valence-electron chi connectivity index (χ1n) is 15.8. The smallest absolute Gasteiger partial charge is 0.319 e. The van der Waals surface area contributed by atoms with E-state index in [4.69, 9.17) is 32.0 Å². The lowest BCUT2D eigenvalue weighted by Gasteiger charge is -2.32. The van der Waals surface area contributed by atoms with Crippen molar-refractivity contribution in [3.05, 3.63) is 53.3 Å². The Balaban J connectivity index is 1.37. The van der Waals surface area contributed by atoms with Gasteiger partial charge in [-0.3, -0.25) is 9.69 Å². The van der Waals surface area contributed by atoms with E-state index >= 15 is 4.39 Å². The Bertz CT molecular complexity index is 2000. The number of anilines is 2. The van der Waals surface area contributed by atoms with Crippen molar-refractivity contribution in [1.82, 2.24) is 19.8 Å². The zero-order valence-electron chi connectivity index (χ0n) is 26.2. The number of hydrogen-bond donors (Lipinski definition) is 1. The fraction of sp³-hybridized carbons (Fsp3) is 0.412. The molecule has 0 bridgehead atoms. The van der Waals surface area contributed by atoms with E-state index in [2.05, 4.69) is 17.5 Å². The first-order chi connectivity index (χ1) is 23.1. The molecule has 3 fully saturated rings. The van der Waals surface area contributed by atoms with Crippen molar-refractivity contribution in [2.45, 2.75) is 50.1 Å². The van der Waals surface area contributed by atoms with Gasteiger partial charge in [-0.2, -0.15) is 15.2 Å². The fourth-order valence-corrected chi connectivity index (χ4v) is 8.88. The number of aromatic nitrogens is 2. The SMILES string of the molecule is C=CC(=O)N1C[C@@H](F)[C@@H](N(CC)c2nc(OC[C@@]34CCCN3C[C@H](F)C4)nc3cc(-c4ccc(F)c5sc(N)c(C#N)c45)c(Cl)cc23)C1. The number of benzene rings is 2. The minimum atomic E-state index is -1.37. The molecule has 2 aromatic carbocycles. The van der Waals surface area contributed by atoms with Gasteiger partial charge in [0.1, 0.15) is 41.7 Å². The highest BCUT2D eigenvalue weighted by Crippen LogP contribution is 2.45. The van der Waals surface area contributed by atoms with Gasteiger partial charge in [-0.25, -0.2) is 13.2 Å². The maximum Gasteiger partial charge on any atom is 0.319 e. The molecule has 9 nitrogen and oxygen atoms in total. The van der Waals surface area contributed by atoms with Gasteiger partial charge in [0, 0.05) is 47.4 Å². The van der Waals surface area contributed by atoms with Gasteiger partial charge < -0.3 is 20.3 Å². The molecule has 1 amide bonds. The number of carbonyl (C=O) groups excluding carboxylic acids is 1. The minimum absolute atomic E-state index is 0.0296. The summed E-state index contributed by atoms with van der Waals surface area (Å²) in [6, 6.07) is 7.64. The van der Waals surface area contributed by atoms with Gasteiger partial charge in [-0.1, -0.05) is 24.2 Å². The topological polar surface area (TPSA) is 112 Å². The average Bonchev–Trinajstić information content (AvgIpc) is 3.81. The molecule has 3 aliphatic rings. The van der Waals surface area contributed by atoms with Crippen LogP contribution in [0.2, 0.25) is 5.02 Å². The molecule has 0 saturated carbocycles. The Morgan fingerprint density at radius 2 is 2.10 bits per heavy atom. The van der Waals surface area contributed by atoms with Crippen molar-refractivity contribution in [3.63, 3.8) is 0 Å². The first kappa shape index (κ1) is 32.4. The molecule has 5 heterocycles. The van der Waals surface area contributed by atoms with Crippen molar-refractivity contribution in [1.29, 1.82) is 5.26 Å². The summed E-state index contributed by atoms with van der Waals surface area (Å²) in [6.45, 7) is 7.11. The lowest BCUT2D eigenvalue weighted by Crippen LogP contribution is -2.44. The van der Waals surface area contributed by atoms with Crippen LogP contribution in [0.3, 0.4) is 0 Å². The van der Waals surface area contributed by atoms with Crippen LogP contribution in [0, 0.1) is 17.1 Å². The monoisotopic (exact) mass is 695 g/mol. The van der Waals surface area contributed by atoms with Gasteiger partial charge in [0.05, 0.1) is 33.9 Å². The number of halogens is 4. The second kappa shape index (κ2) is 12.4. The highest BCUT2D eigenvalue weighted by molar-refractivity contribution is 7.23. The number of ether oxygens (including phenoxy) is 1. The minimum Gasteiger partial charge on any atom is -0.461 e. The number of rotatable bonds is 8. The molecule has 0 spiro atoms. The molecule has 0 aliphatic carbocycles. The van der Waals surface area contributed by atoms with E-state index in [1.54, 1.807) is 23.1 Å². The van der Waals surface area contributed by atoms with Crippen LogP contribution in [0.1, 0.15) is 31.7 Å². The van der Waals surface area contributed by atoms with Crippen molar-refractivity contribution in [2.75, 3.05) is 50.0 Å². The van der Waals surface area contributed by atoms with Crippen molar-refractivity contribution < 1.29 is 22.7 Å². The van der Waals surface area contributed by atoms with E-state index < -0.39 is 29.7 Å². The molecule has 0 radical (unpaired) electrons. The highest BCUT2D eigenvalue weighted by atomic mass is 35.5. The molecule has 4 aromatic rings. The summed E-state index contributed by atoms with van der Waals surface area (Å²) in [5.41, 5.74) is 7.18. The standard InChI is InChI=1S/C34H33ClF3N7O2S/c1-3-28(46)43-15-25(38)27(16-43)45(4-2)32-21-10-23(35)20(19-6-7-24(37)30-29(19)22(13-39)31(40)48-30)11-26(21)41-33(42-32)47-17-34-8-5-9-44(34)14-18(36)12-34/h3,6-7,10-11,18,25,27H,1,4-5,8-9,12,14-17,40H2,2H3/t18-,25-,27+,34+/m1/s1. The van der Waals surface area contributed by atoms with E-state index in [1.165, 1.54) is 17.0 Å². The molecule has 2 aromatic heterocycles. The second-order valence-corrected chi connectivity index (χ2v) is 14.1. The van der Waals surface area contributed by atoms with Gasteiger partial charge in [0.25, 0.3) is 0 Å². The molecular weight excluding hydrogens is 663 g/mol. The molecular formula is C34H33ClF3N7O2S. The summed E-state index contributed by atoms with van der Waals surface area (Å²) in [4.78, 5) is 27.3. The van der Waals surface area contributed by atoms with E-state index in [0.717, 1.165) is 30.7 Å². The zero-order valence-corrected chi connectivity index (χ0v) is 27.8. The van der Waals surface area contributed by atoms with Crippen LogP contribution in [-0.4, -0.2) is 88.9 Å². The molecule has 250 valence electrons. The van der Waals surface area contributed by atoms with Crippen LogP contribution in [0.4, 0.5) is 24.0 Å². The number of carbonyl (C=O) groups is 1. The van der Waals surface area contributed by atoms with E-state index in [-0.39, 0.29) is 51.9 Å². The number of fused-ring (bicyclic) bond motifs is 3. The third-order valence-electron chi connectivity index (χ3n) is 9.91. The van der Waals surface area contributed by atoms with E-state index in [0.29, 0.717) is 52.7 Å². The summed E-state index contributed by atoms with van der Waals surface area (Å²) in [7, 11) is 0. The Morgan fingerprint density at radius 1 is 1.29 bits per heavy atom. The normalized spacial score (nSPS) is 23.9. The summed E-state index contributed by atoms with van der Waals surface area (Å²) in [6.07, 6.45) is 0.946. The number of alkyl halides is 2. The van der Waals surface area contributed by atoms with Gasteiger partial charge >= 0.3 is 6.01 Å². The van der Waals surface area contributed by atoms with Crippen LogP contribution >= 0.6 is 22.9 Å². The van der Waals surface area contributed by atoms with Crippen LogP contribution in [0.15, 0.2) is 36.9 Å². The lowest BCUT2D eigenvalue weighted by molar-refractivity contribution is -0.125. The van der Waals surface area contributed by atoms with Gasteiger partial charge in [-0.15, -0.1) is 11.3 Å². The summed E-state index contributed by atoms with van der Waals surface area (Å²) >= 11 is 7.93. The van der Waals surface area contributed by atoms with Crippen molar-refractivity contribution >= 4 is 60.7 Å². The Morgan fingerprint density at radius 3 is 2.85 bits per heavy atom. The van der Waals surface area contributed by atoms with Crippen molar-refractivity contribution in [3.8, 4) is 23.2 Å². The first-order valence-corrected chi connectivity index (χ1v) is 17.0. The molecule has 0 unspecified atom stereocenters. The van der Waals surface area contributed by atoms with Gasteiger partial charge in [0.15, 0.2) is 0 Å². The highest BCUT2D eigenvalue weighted by Gasteiger charge is 2.49. The molecule has 7 rings (SSSR count). The van der Waals surface area contributed by atoms with E-state index in [9.17, 15) is 18.8 Å². The number of nitriles is 1. The predicted molar refractivity (Wildman–Crippen MR) is 181 cm³/mol. The Kier molecular flexibility index (Phi) is 8.38. The predicted octanol–water partition coefficient (Wildman–Crippen LogP) is 6.27. The number of thiophene rings is 1. The number of amides is 1. The maximum absolute atomic E-state index is 15.6. The molecule has 3 aliphatic heterocycles. The zero-order chi connectivity index (χ0) is 33.9. The number of likely N-dealkylation sites (N-methyl/N-ethyl adjacent to an activating group) is 1. The second-order valence-electron chi connectivity index (χ2n) is 12.6. The molecule has 2 N–H and O–H groups in total. The fourth-order valence-electron chi connectivity index (χ4n) is 7.67. The third-order valence-corrected chi connectivity index (χ3v) is 11.3.